The third kappa shape index (κ3) is 1.93. The van der Waals surface area contributed by atoms with Gasteiger partial charge in [-0.15, -0.1) is 0 Å². The van der Waals surface area contributed by atoms with E-state index in [1.54, 1.807) is 0 Å². The molecule has 1 fully saturated rings. The van der Waals surface area contributed by atoms with Crippen molar-refractivity contribution in [2.75, 3.05) is 0 Å². The van der Waals surface area contributed by atoms with Gasteiger partial charge in [0.15, 0.2) is 0 Å². The molecule has 2 N–H and O–H groups in total. The van der Waals surface area contributed by atoms with Gasteiger partial charge < -0.3 is 5.73 Å². The molecule has 1 nitrogen and oxygen atoms in total. The fraction of sp³-hybridized carbons (Fsp3) is 0.455. The number of hydrogen-bond acceptors (Lipinski definition) is 1. The second-order valence-electron chi connectivity index (χ2n) is 3.97. The topological polar surface area (TPSA) is 26.0 Å². The number of rotatable bonds is 2. The van der Waals surface area contributed by atoms with Gasteiger partial charge in [0.05, 0.1) is 4.47 Å². The van der Waals surface area contributed by atoms with Crippen LogP contribution < -0.4 is 5.73 Å². The van der Waals surface area contributed by atoms with E-state index in [2.05, 4.69) is 15.9 Å². The van der Waals surface area contributed by atoms with E-state index in [1.807, 2.05) is 0 Å². The molecule has 1 aromatic rings. The summed E-state index contributed by atoms with van der Waals surface area (Å²) in [5.41, 5.74) is 5.89. The van der Waals surface area contributed by atoms with Gasteiger partial charge in [-0.05, 0) is 46.8 Å². The molecule has 1 aliphatic carbocycles. The predicted octanol–water partition coefficient (Wildman–Crippen LogP) is 3.53. The largest absolute Gasteiger partial charge is 0.324 e. The lowest BCUT2D eigenvalue weighted by molar-refractivity contribution is 0.256. The Kier molecular flexibility index (Phi) is 3.07. The van der Waals surface area contributed by atoms with Crippen LogP contribution in [0.15, 0.2) is 16.6 Å². The van der Waals surface area contributed by atoms with E-state index in [-0.39, 0.29) is 16.0 Å². The van der Waals surface area contributed by atoms with Crippen molar-refractivity contribution >= 4 is 15.9 Å². The van der Waals surface area contributed by atoms with E-state index in [0.717, 1.165) is 19.3 Å². The van der Waals surface area contributed by atoms with Crippen LogP contribution in [0.2, 0.25) is 0 Å². The van der Waals surface area contributed by atoms with Crippen molar-refractivity contribution in [2.24, 2.45) is 11.7 Å². The highest BCUT2D eigenvalue weighted by Crippen LogP contribution is 2.38. The van der Waals surface area contributed by atoms with Crippen LogP contribution in [0.25, 0.3) is 0 Å². The molecule has 1 aliphatic rings. The molecule has 0 unspecified atom stereocenters. The van der Waals surface area contributed by atoms with Gasteiger partial charge in [-0.2, -0.15) is 0 Å². The first kappa shape index (κ1) is 11.0. The van der Waals surface area contributed by atoms with Crippen molar-refractivity contribution in [3.63, 3.8) is 0 Å². The Morgan fingerprint density at radius 2 is 2.00 bits per heavy atom. The standard InChI is InChI=1S/C11H12BrF2N/c12-7-4-5-8(13)9(10(7)14)11(15)6-2-1-3-6/h4-6,11H,1-3,15H2/t11-/m0/s1. The summed E-state index contributed by atoms with van der Waals surface area (Å²) in [5.74, 6) is -0.882. The third-order valence-corrected chi connectivity index (χ3v) is 3.68. The molecule has 0 spiro atoms. The van der Waals surface area contributed by atoms with E-state index in [1.165, 1.54) is 12.1 Å². The Morgan fingerprint density at radius 3 is 2.53 bits per heavy atom. The van der Waals surface area contributed by atoms with Gasteiger partial charge in [0.2, 0.25) is 0 Å². The van der Waals surface area contributed by atoms with Crippen LogP contribution in [-0.2, 0) is 0 Å². The summed E-state index contributed by atoms with van der Waals surface area (Å²) in [6, 6.07) is 2.10. The number of halogens is 3. The normalized spacial score (nSPS) is 18.7. The molecule has 15 heavy (non-hydrogen) atoms. The highest BCUT2D eigenvalue weighted by atomic mass is 79.9. The Balaban J connectivity index is 2.36. The smallest absolute Gasteiger partial charge is 0.145 e. The molecular weight excluding hydrogens is 264 g/mol. The maximum Gasteiger partial charge on any atom is 0.145 e. The molecule has 0 bridgehead atoms. The van der Waals surface area contributed by atoms with E-state index in [4.69, 9.17) is 5.73 Å². The molecule has 4 heteroatoms. The lowest BCUT2D eigenvalue weighted by atomic mass is 9.77. The van der Waals surface area contributed by atoms with Crippen LogP contribution >= 0.6 is 15.9 Å². The molecular formula is C11H12BrF2N. The van der Waals surface area contributed by atoms with E-state index >= 15 is 0 Å². The predicted molar refractivity (Wildman–Crippen MR) is 58.3 cm³/mol. The number of hydrogen-bond donors (Lipinski definition) is 1. The first-order valence-corrected chi connectivity index (χ1v) is 5.79. The highest BCUT2D eigenvalue weighted by Gasteiger charge is 2.30. The van der Waals surface area contributed by atoms with Gasteiger partial charge in [0, 0.05) is 11.6 Å². The molecule has 1 atom stereocenters. The molecule has 0 aromatic heterocycles. The first-order valence-electron chi connectivity index (χ1n) is 5.00. The highest BCUT2D eigenvalue weighted by molar-refractivity contribution is 9.10. The molecule has 0 heterocycles. The van der Waals surface area contributed by atoms with Crippen LogP contribution in [0.3, 0.4) is 0 Å². The van der Waals surface area contributed by atoms with Crippen molar-refractivity contribution in [3.05, 3.63) is 33.8 Å². The van der Waals surface area contributed by atoms with Crippen LogP contribution in [-0.4, -0.2) is 0 Å². The number of benzene rings is 1. The van der Waals surface area contributed by atoms with Gasteiger partial charge in [-0.25, -0.2) is 8.78 Å². The summed E-state index contributed by atoms with van der Waals surface area (Å²) < 4.78 is 27.4. The van der Waals surface area contributed by atoms with Crippen LogP contribution in [0.1, 0.15) is 30.9 Å². The Morgan fingerprint density at radius 1 is 1.33 bits per heavy atom. The second-order valence-corrected chi connectivity index (χ2v) is 4.83. The summed E-state index contributed by atoms with van der Waals surface area (Å²) in [7, 11) is 0. The summed E-state index contributed by atoms with van der Waals surface area (Å²) >= 11 is 3.04. The minimum absolute atomic E-state index is 0.0223. The summed E-state index contributed by atoms with van der Waals surface area (Å²) in [5, 5.41) is 0. The van der Waals surface area contributed by atoms with Crippen molar-refractivity contribution < 1.29 is 8.78 Å². The summed E-state index contributed by atoms with van der Waals surface area (Å²) in [6.45, 7) is 0. The maximum absolute atomic E-state index is 13.7. The van der Waals surface area contributed by atoms with E-state index in [0.29, 0.717) is 0 Å². The quantitative estimate of drug-likeness (QED) is 0.822. The Hall–Kier alpha value is -0.480. The SMILES string of the molecule is N[C@H](c1c(F)ccc(Br)c1F)C1CCC1. The van der Waals surface area contributed by atoms with Crippen molar-refractivity contribution in [3.8, 4) is 0 Å². The van der Waals surface area contributed by atoms with E-state index in [9.17, 15) is 8.78 Å². The molecule has 0 radical (unpaired) electrons. The molecule has 0 aliphatic heterocycles. The zero-order valence-corrected chi connectivity index (χ0v) is 9.73. The Labute approximate surface area is 95.8 Å². The summed E-state index contributed by atoms with van der Waals surface area (Å²) in [6.07, 6.45) is 3.04. The molecule has 1 saturated carbocycles. The molecule has 0 saturated heterocycles. The average molecular weight is 276 g/mol. The Bertz CT molecular complexity index is 377. The lowest BCUT2D eigenvalue weighted by Crippen LogP contribution is -2.28. The van der Waals surface area contributed by atoms with Gasteiger partial charge in [-0.3, -0.25) is 0 Å². The molecule has 1 aromatic carbocycles. The van der Waals surface area contributed by atoms with Crippen LogP contribution in [0.5, 0.6) is 0 Å². The second kappa shape index (κ2) is 4.18. The lowest BCUT2D eigenvalue weighted by Gasteiger charge is -2.31. The minimum Gasteiger partial charge on any atom is -0.324 e. The van der Waals surface area contributed by atoms with Gasteiger partial charge in [-0.1, -0.05) is 6.42 Å². The molecule has 82 valence electrons. The molecule has 0 amide bonds. The van der Waals surface area contributed by atoms with E-state index < -0.39 is 17.7 Å². The zero-order chi connectivity index (χ0) is 11.0. The van der Waals surface area contributed by atoms with Crippen LogP contribution in [0, 0.1) is 17.6 Å². The fourth-order valence-electron chi connectivity index (χ4n) is 1.88. The average Bonchev–Trinajstić information content (AvgIpc) is 2.09. The van der Waals surface area contributed by atoms with Gasteiger partial charge >= 0.3 is 0 Å². The van der Waals surface area contributed by atoms with Crippen molar-refractivity contribution in [2.45, 2.75) is 25.3 Å². The monoisotopic (exact) mass is 275 g/mol. The summed E-state index contributed by atoms with van der Waals surface area (Å²) in [4.78, 5) is 0. The number of nitrogens with two attached hydrogens (primary N) is 1. The third-order valence-electron chi connectivity index (χ3n) is 3.07. The molecule has 2 rings (SSSR count). The van der Waals surface area contributed by atoms with Crippen LogP contribution in [0.4, 0.5) is 8.78 Å². The van der Waals surface area contributed by atoms with Gasteiger partial charge in [0.25, 0.3) is 0 Å². The van der Waals surface area contributed by atoms with Gasteiger partial charge in [0.1, 0.15) is 11.6 Å². The zero-order valence-electron chi connectivity index (χ0n) is 8.14. The first-order chi connectivity index (χ1) is 7.11. The van der Waals surface area contributed by atoms with Crippen molar-refractivity contribution in [1.82, 2.24) is 0 Å². The minimum atomic E-state index is -0.561. The maximum atomic E-state index is 13.7. The fourth-order valence-corrected chi connectivity index (χ4v) is 2.23. The van der Waals surface area contributed by atoms with Crippen molar-refractivity contribution in [1.29, 1.82) is 0 Å².